The highest BCUT2D eigenvalue weighted by Gasteiger charge is 2.40. The molecule has 0 saturated carbocycles. The number of nitrogens with two attached hydrogens (primary N) is 1. The van der Waals surface area contributed by atoms with Crippen LogP contribution in [-0.2, 0) is 16.2 Å². The van der Waals surface area contributed by atoms with Crippen LogP contribution >= 0.6 is 12.4 Å². The Bertz CT molecular complexity index is 681. The smallest absolute Gasteiger partial charge is 0.330 e. The maximum absolute atomic E-state index is 13.6. The molecule has 0 bridgehead atoms. The van der Waals surface area contributed by atoms with E-state index >= 15 is 0 Å². The summed E-state index contributed by atoms with van der Waals surface area (Å²) >= 11 is 0. The van der Waals surface area contributed by atoms with Crippen molar-refractivity contribution in [2.45, 2.75) is 24.4 Å². The summed E-state index contributed by atoms with van der Waals surface area (Å²) in [6.07, 6.45) is -4.32. The molecule has 0 spiro atoms. The number of sulfonamides is 1. The maximum Gasteiger partial charge on any atom is 0.419 e. The molecule has 0 aliphatic carbocycles. The molecule has 132 valence electrons. The van der Waals surface area contributed by atoms with Gasteiger partial charge in [-0.15, -0.1) is 12.4 Å². The molecular formula is C13H17ClF4N2O2S. The van der Waals surface area contributed by atoms with Gasteiger partial charge in [0.2, 0.25) is 10.0 Å². The van der Waals surface area contributed by atoms with Crippen LogP contribution in [-0.4, -0.2) is 32.4 Å². The Balaban J connectivity index is 0.00000264. The predicted molar refractivity (Wildman–Crippen MR) is 79.2 cm³/mol. The molecule has 1 aromatic carbocycles. The SMILES string of the molecule is CC1(CN)CCN(S(=O)(=O)c2ccc(C(F)(F)F)c(F)c2)C1.Cl. The second-order valence-electron chi connectivity index (χ2n) is 5.74. The van der Waals surface area contributed by atoms with Crippen LogP contribution in [0.3, 0.4) is 0 Å². The first-order valence-electron chi connectivity index (χ1n) is 6.57. The highest BCUT2D eigenvalue weighted by atomic mass is 35.5. The third-order valence-electron chi connectivity index (χ3n) is 3.90. The molecule has 2 rings (SSSR count). The molecule has 10 heteroatoms. The zero-order valence-electron chi connectivity index (χ0n) is 12.2. The minimum Gasteiger partial charge on any atom is -0.330 e. The van der Waals surface area contributed by atoms with Gasteiger partial charge in [-0.25, -0.2) is 12.8 Å². The standard InChI is InChI=1S/C13H16F4N2O2S.ClH/c1-12(7-18)4-5-19(8-12)22(20,21)9-2-3-10(11(14)6-9)13(15,16)17;/h2-3,6H,4-5,7-8,18H2,1H3;1H. The zero-order valence-corrected chi connectivity index (χ0v) is 13.9. The molecule has 0 aromatic heterocycles. The molecular weight excluding hydrogens is 360 g/mol. The van der Waals surface area contributed by atoms with E-state index in [1.807, 2.05) is 6.92 Å². The Morgan fingerprint density at radius 3 is 2.39 bits per heavy atom. The van der Waals surface area contributed by atoms with Gasteiger partial charge in [0.1, 0.15) is 5.82 Å². The van der Waals surface area contributed by atoms with Gasteiger partial charge in [-0.1, -0.05) is 6.92 Å². The van der Waals surface area contributed by atoms with Gasteiger partial charge < -0.3 is 5.73 Å². The molecule has 2 N–H and O–H groups in total. The summed E-state index contributed by atoms with van der Waals surface area (Å²) in [7, 11) is -4.03. The van der Waals surface area contributed by atoms with Crippen molar-refractivity contribution in [2.75, 3.05) is 19.6 Å². The molecule has 1 aliphatic heterocycles. The third kappa shape index (κ3) is 3.96. The first-order chi connectivity index (χ1) is 9.99. The Labute approximate surface area is 138 Å². The highest BCUT2D eigenvalue weighted by Crippen LogP contribution is 2.35. The van der Waals surface area contributed by atoms with Gasteiger partial charge in [0.15, 0.2) is 0 Å². The average Bonchev–Trinajstić information content (AvgIpc) is 2.81. The van der Waals surface area contributed by atoms with E-state index in [-0.39, 0.29) is 30.9 Å². The van der Waals surface area contributed by atoms with Gasteiger partial charge in [0, 0.05) is 13.1 Å². The number of alkyl halides is 3. The summed E-state index contributed by atoms with van der Waals surface area (Å²) in [6.45, 7) is 2.49. The van der Waals surface area contributed by atoms with E-state index in [9.17, 15) is 26.0 Å². The van der Waals surface area contributed by atoms with E-state index in [1.54, 1.807) is 0 Å². The largest absolute Gasteiger partial charge is 0.419 e. The number of rotatable bonds is 3. The van der Waals surface area contributed by atoms with Crippen molar-refractivity contribution >= 4 is 22.4 Å². The first-order valence-corrected chi connectivity index (χ1v) is 8.01. The molecule has 23 heavy (non-hydrogen) atoms. The van der Waals surface area contributed by atoms with E-state index < -0.39 is 32.5 Å². The second-order valence-corrected chi connectivity index (χ2v) is 7.68. The third-order valence-corrected chi connectivity index (χ3v) is 5.74. The summed E-state index contributed by atoms with van der Waals surface area (Å²) in [6, 6.07) is 1.63. The summed E-state index contributed by atoms with van der Waals surface area (Å²) in [5, 5.41) is 0. The van der Waals surface area contributed by atoms with Crippen molar-refractivity contribution < 1.29 is 26.0 Å². The van der Waals surface area contributed by atoms with E-state index in [4.69, 9.17) is 5.73 Å². The Kier molecular flexibility index (Phi) is 5.73. The van der Waals surface area contributed by atoms with Gasteiger partial charge in [-0.05, 0) is 36.6 Å². The normalized spacial score (nSPS) is 22.9. The molecule has 1 atom stereocenters. The fourth-order valence-corrected chi connectivity index (χ4v) is 3.99. The van der Waals surface area contributed by atoms with Crippen molar-refractivity contribution in [3.63, 3.8) is 0 Å². The second kappa shape index (κ2) is 6.54. The lowest BCUT2D eigenvalue weighted by Gasteiger charge is -2.22. The van der Waals surface area contributed by atoms with Gasteiger partial charge in [-0.2, -0.15) is 17.5 Å². The van der Waals surface area contributed by atoms with Crippen molar-refractivity contribution in [3.8, 4) is 0 Å². The number of hydrogen-bond donors (Lipinski definition) is 1. The van der Waals surface area contributed by atoms with Gasteiger partial charge >= 0.3 is 6.18 Å². The van der Waals surface area contributed by atoms with Crippen LogP contribution in [0, 0.1) is 11.2 Å². The van der Waals surface area contributed by atoms with Gasteiger partial charge in [0.25, 0.3) is 0 Å². The lowest BCUT2D eigenvalue weighted by atomic mass is 9.90. The molecule has 0 radical (unpaired) electrons. The molecule has 4 nitrogen and oxygen atoms in total. The van der Waals surface area contributed by atoms with Crippen molar-refractivity contribution in [3.05, 3.63) is 29.6 Å². The fraction of sp³-hybridized carbons (Fsp3) is 0.538. The molecule has 1 aliphatic rings. The number of nitrogens with zero attached hydrogens (tertiary/aromatic N) is 1. The van der Waals surface area contributed by atoms with Crippen molar-refractivity contribution in [2.24, 2.45) is 11.1 Å². The quantitative estimate of drug-likeness (QED) is 0.825. The van der Waals surface area contributed by atoms with Crippen LogP contribution in [0.2, 0.25) is 0 Å². The number of hydrogen-bond acceptors (Lipinski definition) is 3. The van der Waals surface area contributed by atoms with Gasteiger partial charge in [0.05, 0.1) is 10.5 Å². The lowest BCUT2D eigenvalue weighted by molar-refractivity contribution is -0.140. The topological polar surface area (TPSA) is 63.4 Å². The average molecular weight is 377 g/mol. The lowest BCUT2D eigenvalue weighted by Crippen LogP contribution is -2.34. The maximum atomic E-state index is 13.6. The monoisotopic (exact) mass is 376 g/mol. The Morgan fingerprint density at radius 2 is 1.96 bits per heavy atom. The van der Waals surface area contributed by atoms with Crippen LogP contribution < -0.4 is 5.73 Å². The first kappa shape index (κ1) is 20.1. The minimum absolute atomic E-state index is 0. The van der Waals surface area contributed by atoms with E-state index in [0.29, 0.717) is 25.1 Å². The van der Waals surface area contributed by atoms with E-state index in [2.05, 4.69) is 0 Å². The molecule has 1 unspecified atom stereocenters. The molecule has 1 fully saturated rings. The van der Waals surface area contributed by atoms with Crippen LogP contribution in [0.25, 0.3) is 0 Å². The molecule has 1 saturated heterocycles. The van der Waals surface area contributed by atoms with Gasteiger partial charge in [-0.3, -0.25) is 0 Å². The van der Waals surface area contributed by atoms with Crippen LogP contribution in [0.1, 0.15) is 18.9 Å². The summed E-state index contributed by atoms with van der Waals surface area (Å²) < 4.78 is 77.0. The summed E-state index contributed by atoms with van der Waals surface area (Å²) in [4.78, 5) is -0.487. The summed E-state index contributed by atoms with van der Waals surface area (Å²) in [5.41, 5.74) is 3.73. The van der Waals surface area contributed by atoms with Crippen LogP contribution in [0.4, 0.5) is 17.6 Å². The molecule has 0 amide bonds. The van der Waals surface area contributed by atoms with E-state index in [1.165, 1.54) is 0 Å². The van der Waals surface area contributed by atoms with E-state index in [0.717, 1.165) is 10.4 Å². The number of benzene rings is 1. The van der Waals surface area contributed by atoms with Crippen LogP contribution in [0.15, 0.2) is 23.1 Å². The molecule has 1 heterocycles. The number of halogens is 5. The van der Waals surface area contributed by atoms with Crippen molar-refractivity contribution in [1.82, 2.24) is 4.31 Å². The summed E-state index contributed by atoms with van der Waals surface area (Å²) in [5.74, 6) is -1.60. The van der Waals surface area contributed by atoms with Crippen molar-refractivity contribution in [1.29, 1.82) is 0 Å². The minimum atomic E-state index is -4.86. The predicted octanol–water partition coefficient (Wildman–Crippen LogP) is 2.63. The molecule has 1 aromatic rings. The zero-order chi connectivity index (χ0) is 16.8. The Morgan fingerprint density at radius 1 is 1.35 bits per heavy atom. The fourth-order valence-electron chi connectivity index (χ4n) is 2.39. The highest BCUT2D eigenvalue weighted by molar-refractivity contribution is 7.89. The van der Waals surface area contributed by atoms with Crippen LogP contribution in [0.5, 0.6) is 0 Å². The Hall–Kier alpha value is -0.900.